The van der Waals surface area contributed by atoms with Crippen molar-refractivity contribution in [3.8, 4) is 22.3 Å². The molecule has 0 amide bonds. The fourth-order valence-electron chi connectivity index (χ4n) is 4.93. The number of furan rings is 2. The molecule has 2 nitrogen and oxygen atoms in total. The van der Waals surface area contributed by atoms with Crippen molar-refractivity contribution in [2.24, 2.45) is 0 Å². The molecule has 0 radical (unpaired) electrons. The van der Waals surface area contributed by atoms with Gasteiger partial charge in [0.25, 0.3) is 0 Å². The molecule has 0 unspecified atom stereocenters. The normalized spacial score (nSPS) is 11.8. The maximum Gasteiger partial charge on any atom is 0.143 e. The molecule has 0 aliphatic heterocycles. The summed E-state index contributed by atoms with van der Waals surface area (Å²) in [5.41, 5.74) is 9.48. The second-order valence-electron chi connectivity index (χ2n) is 8.68. The number of hydrogen-bond acceptors (Lipinski definition) is 2. The first-order chi connectivity index (χ1) is 16.2. The van der Waals surface area contributed by atoms with Gasteiger partial charge in [-0.05, 0) is 60.0 Å². The third-order valence-electron chi connectivity index (χ3n) is 6.52. The molecule has 0 saturated heterocycles. The molecular formula is C31H20O2. The highest BCUT2D eigenvalue weighted by Gasteiger charge is 2.16. The van der Waals surface area contributed by atoms with Crippen LogP contribution < -0.4 is 0 Å². The predicted molar refractivity (Wildman–Crippen MR) is 137 cm³/mol. The molecule has 2 aromatic heterocycles. The lowest BCUT2D eigenvalue weighted by atomic mass is 9.94. The summed E-state index contributed by atoms with van der Waals surface area (Å²) >= 11 is 0. The molecule has 0 aliphatic carbocycles. The quantitative estimate of drug-likeness (QED) is 0.276. The molecule has 0 aliphatic rings. The van der Waals surface area contributed by atoms with Gasteiger partial charge in [-0.2, -0.15) is 0 Å². The Morgan fingerprint density at radius 1 is 0.455 bits per heavy atom. The van der Waals surface area contributed by atoms with E-state index in [9.17, 15) is 0 Å². The van der Waals surface area contributed by atoms with Gasteiger partial charge >= 0.3 is 0 Å². The summed E-state index contributed by atoms with van der Waals surface area (Å²) in [6.45, 7) is 2.13. The number of rotatable bonds is 2. The average molecular weight is 424 g/mol. The van der Waals surface area contributed by atoms with E-state index >= 15 is 0 Å². The van der Waals surface area contributed by atoms with Crippen molar-refractivity contribution in [1.82, 2.24) is 0 Å². The molecule has 0 saturated carbocycles. The number of benzene rings is 5. The zero-order valence-electron chi connectivity index (χ0n) is 18.1. The maximum atomic E-state index is 6.41. The van der Waals surface area contributed by atoms with Gasteiger partial charge in [-0.15, -0.1) is 0 Å². The van der Waals surface area contributed by atoms with Gasteiger partial charge in [0.1, 0.15) is 22.3 Å². The van der Waals surface area contributed by atoms with Gasteiger partial charge in [0, 0.05) is 27.1 Å². The van der Waals surface area contributed by atoms with Crippen LogP contribution in [0.15, 0.2) is 112 Å². The largest absolute Gasteiger partial charge is 0.456 e. The lowest BCUT2D eigenvalue weighted by Crippen LogP contribution is -1.85. The molecule has 156 valence electrons. The fraction of sp³-hybridized carbons (Fsp3) is 0.0323. The van der Waals surface area contributed by atoms with Crippen LogP contribution in [0.1, 0.15) is 5.56 Å². The summed E-state index contributed by atoms with van der Waals surface area (Å²) in [6, 6.07) is 36.1. The summed E-state index contributed by atoms with van der Waals surface area (Å²) < 4.78 is 12.5. The van der Waals surface area contributed by atoms with E-state index in [4.69, 9.17) is 8.83 Å². The Hall–Kier alpha value is -4.30. The Morgan fingerprint density at radius 3 is 1.97 bits per heavy atom. The van der Waals surface area contributed by atoms with Crippen molar-refractivity contribution >= 4 is 43.9 Å². The van der Waals surface area contributed by atoms with Crippen molar-refractivity contribution in [3.63, 3.8) is 0 Å². The Morgan fingerprint density at radius 2 is 1.15 bits per heavy atom. The van der Waals surface area contributed by atoms with E-state index in [1.807, 2.05) is 24.3 Å². The Labute approximate surface area is 190 Å². The van der Waals surface area contributed by atoms with Crippen LogP contribution >= 0.6 is 0 Å². The topological polar surface area (TPSA) is 26.3 Å². The minimum Gasteiger partial charge on any atom is -0.456 e. The standard InChI is InChI=1S/C31H20O2/c1-19-7-6-8-20(15-19)22-17-25(31-27(18-22)24-10-3-5-12-29(24)33-31)21-13-14-30-26(16-21)23-9-2-4-11-28(23)32-30/h2-18H,1H3. The van der Waals surface area contributed by atoms with Crippen LogP contribution in [0.3, 0.4) is 0 Å². The number of aryl methyl sites for hydroxylation is 1. The van der Waals surface area contributed by atoms with Crippen LogP contribution in [-0.2, 0) is 0 Å². The maximum absolute atomic E-state index is 6.41. The van der Waals surface area contributed by atoms with Gasteiger partial charge < -0.3 is 8.83 Å². The lowest BCUT2D eigenvalue weighted by molar-refractivity contribution is 0.668. The molecule has 0 atom stereocenters. The van der Waals surface area contributed by atoms with E-state index < -0.39 is 0 Å². The first-order valence-electron chi connectivity index (χ1n) is 11.2. The average Bonchev–Trinajstić information content (AvgIpc) is 3.41. The third kappa shape index (κ3) is 2.81. The van der Waals surface area contributed by atoms with Crippen LogP contribution in [0.25, 0.3) is 66.1 Å². The molecule has 5 aromatic carbocycles. The molecule has 33 heavy (non-hydrogen) atoms. The second-order valence-corrected chi connectivity index (χ2v) is 8.68. The van der Waals surface area contributed by atoms with Crippen LogP contribution in [0.4, 0.5) is 0 Å². The minimum atomic E-state index is 0.899. The smallest absolute Gasteiger partial charge is 0.143 e. The van der Waals surface area contributed by atoms with Crippen molar-refractivity contribution in [1.29, 1.82) is 0 Å². The number of para-hydroxylation sites is 2. The summed E-state index contributed by atoms with van der Waals surface area (Å²) in [5, 5.41) is 4.52. The first-order valence-corrected chi connectivity index (χ1v) is 11.2. The zero-order chi connectivity index (χ0) is 21.9. The molecule has 2 heteroatoms. The summed E-state index contributed by atoms with van der Waals surface area (Å²) in [4.78, 5) is 0. The molecule has 2 heterocycles. The number of fused-ring (bicyclic) bond motifs is 6. The van der Waals surface area contributed by atoms with E-state index in [1.54, 1.807) is 0 Å². The van der Waals surface area contributed by atoms with Crippen molar-refractivity contribution in [2.45, 2.75) is 6.92 Å². The molecule has 0 spiro atoms. The van der Waals surface area contributed by atoms with Crippen LogP contribution in [-0.4, -0.2) is 0 Å². The third-order valence-corrected chi connectivity index (χ3v) is 6.52. The van der Waals surface area contributed by atoms with Gasteiger partial charge in [0.15, 0.2) is 0 Å². The van der Waals surface area contributed by atoms with Crippen molar-refractivity contribution in [2.75, 3.05) is 0 Å². The Bertz CT molecular complexity index is 1830. The predicted octanol–water partition coefficient (Wildman–Crippen LogP) is 9.13. The lowest BCUT2D eigenvalue weighted by Gasteiger charge is -2.09. The fourth-order valence-corrected chi connectivity index (χ4v) is 4.93. The van der Waals surface area contributed by atoms with Crippen molar-refractivity contribution in [3.05, 3.63) is 109 Å². The minimum absolute atomic E-state index is 0.899. The van der Waals surface area contributed by atoms with E-state index in [1.165, 1.54) is 16.7 Å². The van der Waals surface area contributed by atoms with Gasteiger partial charge in [0.05, 0.1) is 0 Å². The molecule has 0 N–H and O–H groups in total. The summed E-state index contributed by atoms with van der Waals surface area (Å²) in [5.74, 6) is 0. The molecule has 0 bridgehead atoms. The van der Waals surface area contributed by atoms with E-state index in [-0.39, 0.29) is 0 Å². The van der Waals surface area contributed by atoms with Gasteiger partial charge in [-0.25, -0.2) is 0 Å². The van der Waals surface area contributed by atoms with Crippen LogP contribution in [0.2, 0.25) is 0 Å². The summed E-state index contributed by atoms with van der Waals surface area (Å²) in [6.07, 6.45) is 0. The van der Waals surface area contributed by atoms with E-state index in [0.717, 1.165) is 55.0 Å². The second kappa shape index (κ2) is 6.85. The monoisotopic (exact) mass is 424 g/mol. The summed E-state index contributed by atoms with van der Waals surface area (Å²) in [7, 11) is 0. The highest BCUT2D eigenvalue weighted by molar-refractivity contribution is 6.13. The van der Waals surface area contributed by atoms with Gasteiger partial charge in [-0.3, -0.25) is 0 Å². The van der Waals surface area contributed by atoms with Gasteiger partial charge in [0.2, 0.25) is 0 Å². The SMILES string of the molecule is Cc1cccc(-c2cc(-c3ccc4oc5ccccc5c4c3)c3oc4ccccc4c3c2)c1. The molecule has 7 rings (SSSR count). The van der Waals surface area contributed by atoms with E-state index in [2.05, 4.69) is 85.8 Å². The zero-order valence-corrected chi connectivity index (χ0v) is 18.1. The first kappa shape index (κ1) is 18.3. The Kier molecular flexibility index (Phi) is 3.80. The van der Waals surface area contributed by atoms with Crippen LogP contribution in [0, 0.1) is 6.92 Å². The van der Waals surface area contributed by atoms with E-state index in [0.29, 0.717) is 0 Å². The molecule has 0 fully saturated rings. The Balaban J connectivity index is 1.57. The highest BCUT2D eigenvalue weighted by Crippen LogP contribution is 2.41. The van der Waals surface area contributed by atoms with Gasteiger partial charge in [-0.1, -0.05) is 72.3 Å². The van der Waals surface area contributed by atoms with Crippen molar-refractivity contribution < 1.29 is 8.83 Å². The molecule has 7 aromatic rings. The van der Waals surface area contributed by atoms with Crippen LogP contribution in [0.5, 0.6) is 0 Å². The number of hydrogen-bond donors (Lipinski definition) is 0. The molecular weight excluding hydrogens is 404 g/mol. The highest BCUT2D eigenvalue weighted by atomic mass is 16.3.